The van der Waals surface area contributed by atoms with Crippen LogP contribution in [0, 0.1) is 0 Å². The molecule has 0 aliphatic carbocycles. The molecule has 0 saturated carbocycles. The number of morpholine rings is 1. The summed E-state index contributed by atoms with van der Waals surface area (Å²) in [6.45, 7) is 2.99. The predicted octanol–water partition coefficient (Wildman–Crippen LogP) is 1.56. The number of nitrogens with one attached hydrogen (secondary N) is 1. The van der Waals surface area contributed by atoms with Gasteiger partial charge in [-0.3, -0.25) is 4.79 Å². The second-order valence-electron chi connectivity index (χ2n) is 5.01. The molecule has 22 heavy (non-hydrogen) atoms. The van der Waals surface area contributed by atoms with E-state index in [0.29, 0.717) is 44.5 Å². The maximum absolute atomic E-state index is 12.4. The number of carbonyl (C=O) groups is 1. The summed E-state index contributed by atoms with van der Waals surface area (Å²) < 4.78 is 5.26. The molecule has 0 atom stereocenters. The van der Waals surface area contributed by atoms with Crippen molar-refractivity contribution >= 4 is 11.9 Å². The summed E-state index contributed by atoms with van der Waals surface area (Å²) in [6, 6.07) is 11.6. The molecule has 114 valence electrons. The first kappa shape index (κ1) is 14.5. The largest absolute Gasteiger partial charge is 0.378 e. The van der Waals surface area contributed by atoms with Crippen molar-refractivity contribution in [2.24, 2.45) is 0 Å². The fourth-order valence-electron chi connectivity index (χ4n) is 2.27. The van der Waals surface area contributed by atoms with E-state index in [1.165, 1.54) is 0 Å². The van der Waals surface area contributed by atoms with Gasteiger partial charge in [-0.1, -0.05) is 30.3 Å². The molecule has 0 radical (unpaired) electrons. The Hall–Kier alpha value is -2.47. The number of amides is 1. The van der Waals surface area contributed by atoms with E-state index >= 15 is 0 Å². The molecule has 1 aromatic heterocycles. The van der Waals surface area contributed by atoms with Crippen LogP contribution in [0.4, 0.5) is 5.95 Å². The monoisotopic (exact) mass is 298 g/mol. The van der Waals surface area contributed by atoms with E-state index in [0.717, 1.165) is 5.56 Å². The molecule has 1 N–H and O–H groups in total. The molecule has 0 spiro atoms. The number of nitrogens with zero attached hydrogens (tertiary/aromatic N) is 3. The van der Waals surface area contributed by atoms with Crippen LogP contribution in [0.15, 0.2) is 42.6 Å². The second-order valence-corrected chi connectivity index (χ2v) is 5.01. The standard InChI is InChI=1S/C16H18N4O2/c21-15(20-8-10-22-11-9-20)14-6-7-17-16(19-14)18-12-13-4-2-1-3-5-13/h1-7H,8-12H2,(H,17,18,19). The van der Waals surface area contributed by atoms with Gasteiger partial charge in [-0.25, -0.2) is 9.97 Å². The van der Waals surface area contributed by atoms with E-state index in [1.54, 1.807) is 17.2 Å². The predicted molar refractivity (Wildman–Crippen MR) is 82.5 cm³/mol. The normalized spacial score (nSPS) is 14.6. The summed E-state index contributed by atoms with van der Waals surface area (Å²) in [5.74, 6) is 0.386. The highest BCUT2D eigenvalue weighted by Crippen LogP contribution is 2.08. The van der Waals surface area contributed by atoms with Crippen molar-refractivity contribution in [1.82, 2.24) is 14.9 Å². The lowest BCUT2D eigenvalue weighted by molar-refractivity contribution is 0.0299. The molecule has 0 bridgehead atoms. The molecule has 1 saturated heterocycles. The molecule has 1 aromatic carbocycles. The lowest BCUT2D eigenvalue weighted by Gasteiger charge is -2.26. The van der Waals surface area contributed by atoms with Gasteiger partial charge >= 0.3 is 0 Å². The number of benzene rings is 1. The summed E-state index contributed by atoms with van der Waals surface area (Å²) in [7, 11) is 0. The molecule has 1 fully saturated rings. The maximum atomic E-state index is 12.4. The van der Waals surface area contributed by atoms with Crippen LogP contribution in [-0.4, -0.2) is 47.1 Å². The number of ether oxygens (including phenoxy) is 1. The molecule has 6 heteroatoms. The fraction of sp³-hybridized carbons (Fsp3) is 0.312. The van der Waals surface area contributed by atoms with Gasteiger partial charge in [0.05, 0.1) is 13.2 Å². The topological polar surface area (TPSA) is 67.4 Å². The Morgan fingerprint density at radius 3 is 2.73 bits per heavy atom. The number of rotatable bonds is 4. The van der Waals surface area contributed by atoms with Gasteiger partial charge in [0, 0.05) is 25.8 Å². The van der Waals surface area contributed by atoms with Crippen LogP contribution < -0.4 is 5.32 Å². The Kier molecular flexibility index (Phi) is 4.60. The molecule has 1 aliphatic heterocycles. The number of carbonyl (C=O) groups excluding carboxylic acids is 1. The first-order valence-electron chi connectivity index (χ1n) is 7.31. The van der Waals surface area contributed by atoms with Crippen LogP contribution in [0.25, 0.3) is 0 Å². The van der Waals surface area contributed by atoms with Crippen LogP contribution in [0.3, 0.4) is 0 Å². The molecule has 6 nitrogen and oxygen atoms in total. The molecule has 2 aromatic rings. The van der Waals surface area contributed by atoms with Crippen LogP contribution in [-0.2, 0) is 11.3 Å². The molecule has 1 amide bonds. The first-order valence-corrected chi connectivity index (χ1v) is 7.31. The minimum Gasteiger partial charge on any atom is -0.378 e. The fourth-order valence-corrected chi connectivity index (χ4v) is 2.27. The SMILES string of the molecule is O=C(c1ccnc(NCc2ccccc2)n1)N1CCOCC1. The number of aromatic nitrogens is 2. The molecule has 3 rings (SSSR count). The van der Waals surface area contributed by atoms with E-state index in [1.807, 2.05) is 30.3 Å². The average molecular weight is 298 g/mol. The average Bonchev–Trinajstić information content (AvgIpc) is 2.61. The number of hydrogen-bond acceptors (Lipinski definition) is 5. The third-order valence-electron chi connectivity index (χ3n) is 3.47. The Bertz CT molecular complexity index is 627. The highest BCUT2D eigenvalue weighted by molar-refractivity contribution is 5.92. The van der Waals surface area contributed by atoms with Crippen molar-refractivity contribution in [2.45, 2.75) is 6.54 Å². The first-order chi connectivity index (χ1) is 10.8. The zero-order valence-corrected chi connectivity index (χ0v) is 12.2. The van der Waals surface area contributed by atoms with Crippen LogP contribution >= 0.6 is 0 Å². The third-order valence-corrected chi connectivity index (χ3v) is 3.47. The van der Waals surface area contributed by atoms with Gasteiger partial charge in [0.1, 0.15) is 5.69 Å². The lowest BCUT2D eigenvalue weighted by Crippen LogP contribution is -2.41. The lowest BCUT2D eigenvalue weighted by atomic mass is 10.2. The van der Waals surface area contributed by atoms with Crippen LogP contribution in [0.1, 0.15) is 16.1 Å². The summed E-state index contributed by atoms with van der Waals surface area (Å²) in [5, 5.41) is 3.14. The van der Waals surface area contributed by atoms with E-state index in [2.05, 4.69) is 15.3 Å². The van der Waals surface area contributed by atoms with E-state index in [9.17, 15) is 4.79 Å². The zero-order valence-electron chi connectivity index (χ0n) is 12.2. The highest BCUT2D eigenvalue weighted by atomic mass is 16.5. The van der Waals surface area contributed by atoms with Crippen molar-refractivity contribution in [2.75, 3.05) is 31.6 Å². The highest BCUT2D eigenvalue weighted by Gasteiger charge is 2.19. The summed E-state index contributed by atoms with van der Waals surface area (Å²) in [6.07, 6.45) is 1.61. The molecule has 1 aliphatic rings. The van der Waals surface area contributed by atoms with Crippen LogP contribution in [0.5, 0.6) is 0 Å². The Morgan fingerprint density at radius 2 is 1.95 bits per heavy atom. The van der Waals surface area contributed by atoms with Crippen molar-refractivity contribution < 1.29 is 9.53 Å². The van der Waals surface area contributed by atoms with E-state index in [-0.39, 0.29) is 5.91 Å². The van der Waals surface area contributed by atoms with Gasteiger partial charge in [0.15, 0.2) is 0 Å². The van der Waals surface area contributed by atoms with Crippen LogP contribution in [0.2, 0.25) is 0 Å². The Balaban J connectivity index is 1.65. The molecular formula is C16H18N4O2. The quantitative estimate of drug-likeness (QED) is 0.928. The minimum absolute atomic E-state index is 0.0755. The Labute approximate surface area is 129 Å². The van der Waals surface area contributed by atoms with Crippen molar-refractivity contribution in [1.29, 1.82) is 0 Å². The second kappa shape index (κ2) is 7.00. The van der Waals surface area contributed by atoms with Gasteiger partial charge in [-0.15, -0.1) is 0 Å². The molecule has 2 heterocycles. The van der Waals surface area contributed by atoms with E-state index < -0.39 is 0 Å². The van der Waals surface area contributed by atoms with Crippen molar-refractivity contribution in [3.8, 4) is 0 Å². The summed E-state index contributed by atoms with van der Waals surface area (Å²) >= 11 is 0. The maximum Gasteiger partial charge on any atom is 0.272 e. The third kappa shape index (κ3) is 3.59. The van der Waals surface area contributed by atoms with E-state index in [4.69, 9.17) is 4.74 Å². The van der Waals surface area contributed by atoms with Gasteiger partial charge in [-0.05, 0) is 11.6 Å². The number of anilines is 1. The number of hydrogen-bond donors (Lipinski definition) is 1. The summed E-state index contributed by atoms with van der Waals surface area (Å²) in [5.41, 5.74) is 1.54. The molecular weight excluding hydrogens is 280 g/mol. The van der Waals surface area contributed by atoms with Gasteiger partial charge < -0.3 is 15.0 Å². The smallest absolute Gasteiger partial charge is 0.272 e. The Morgan fingerprint density at radius 1 is 1.18 bits per heavy atom. The van der Waals surface area contributed by atoms with Gasteiger partial charge in [-0.2, -0.15) is 0 Å². The zero-order chi connectivity index (χ0) is 15.2. The van der Waals surface area contributed by atoms with Gasteiger partial charge in [0.2, 0.25) is 5.95 Å². The minimum atomic E-state index is -0.0755. The van der Waals surface area contributed by atoms with Gasteiger partial charge in [0.25, 0.3) is 5.91 Å². The van der Waals surface area contributed by atoms with Crippen molar-refractivity contribution in [3.05, 3.63) is 53.9 Å². The summed E-state index contributed by atoms with van der Waals surface area (Å²) in [4.78, 5) is 22.6. The molecule has 0 unspecified atom stereocenters. The van der Waals surface area contributed by atoms with Crippen molar-refractivity contribution in [3.63, 3.8) is 0 Å².